The second-order valence-corrected chi connectivity index (χ2v) is 20.1. The van der Waals surface area contributed by atoms with Gasteiger partial charge in [0, 0.05) is 6.42 Å². The molecule has 12 atom stereocenters. The first kappa shape index (κ1) is 62.1. The van der Waals surface area contributed by atoms with E-state index in [1.807, 2.05) is 0 Å². The number of hydrogen-bond acceptors (Lipinski definition) is 13. The maximum Gasteiger partial charge on any atom is 0.220 e. The summed E-state index contributed by atoms with van der Waals surface area (Å²) in [5, 5.41) is 87.1. The molecule has 9 N–H and O–H groups in total. The van der Waals surface area contributed by atoms with Crippen molar-refractivity contribution < 1.29 is 64.6 Å². The molecule has 0 spiro atoms. The molecule has 67 heavy (non-hydrogen) atoms. The standard InChI is InChI=1S/C53H103NO13/c1-3-5-7-9-11-13-15-17-19-21-23-25-27-29-31-33-35-37-45(58)54-41(42(57)36-34-32-30-28-26-24-22-20-18-16-14-12-10-8-6-4-2)40-64-52-50(63)48(61)51(44(39-56)66-52)67-53-49(62)47(60)46(59)43(38-55)65-53/h41-44,46-53,55-57,59-63H,3-40H2,1-2H3,(H,54,58)/t41-,42+,43+,44+,46-,47?,48?,49?,50?,51+,52+,53-/m0/s1. The number of unbranched alkanes of at least 4 members (excludes halogenated alkanes) is 31. The van der Waals surface area contributed by atoms with E-state index in [9.17, 15) is 45.6 Å². The second kappa shape index (κ2) is 40.6. The molecule has 2 aliphatic rings. The maximum absolute atomic E-state index is 13.2. The van der Waals surface area contributed by atoms with E-state index in [1.54, 1.807) is 0 Å². The van der Waals surface area contributed by atoms with E-state index in [-0.39, 0.29) is 12.5 Å². The van der Waals surface area contributed by atoms with Crippen LogP contribution in [0.25, 0.3) is 0 Å². The number of aliphatic hydroxyl groups excluding tert-OH is 8. The highest BCUT2D eigenvalue weighted by Gasteiger charge is 2.51. The summed E-state index contributed by atoms with van der Waals surface area (Å²) >= 11 is 0. The fraction of sp³-hybridized carbons (Fsp3) is 0.981. The number of amides is 1. The molecule has 0 aromatic rings. The van der Waals surface area contributed by atoms with Crippen molar-refractivity contribution in [3.05, 3.63) is 0 Å². The van der Waals surface area contributed by atoms with Crippen LogP contribution in [0.15, 0.2) is 0 Å². The molecule has 2 saturated heterocycles. The van der Waals surface area contributed by atoms with Crippen LogP contribution in [0.1, 0.15) is 239 Å². The Bertz CT molecular complexity index is 1140. The van der Waals surface area contributed by atoms with Crippen molar-refractivity contribution >= 4 is 5.91 Å². The lowest BCUT2D eigenvalue weighted by Gasteiger charge is -2.46. The first-order valence-corrected chi connectivity index (χ1v) is 27.8. The zero-order valence-electron chi connectivity index (χ0n) is 42.4. The third kappa shape index (κ3) is 27.4. The van der Waals surface area contributed by atoms with Gasteiger partial charge in [-0.15, -0.1) is 0 Å². The molecule has 398 valence electrons. The van der Waals surface area contributed by atoms with E-state index in [2.05, 4.69) is 19.2 Å². The molecule has 0 aromatic carbocycles. The van der Waals surface area contributed by atoms with Crippen LogP contribution in [0.2, 0.25) is 0 Å². The van der Waals surface area contributed by atoms with E-state index >= 15 is 0 Å². The van der Waals surface area contributed by atoms with Crippen molar-refractivity contribution in [3.63, 3.8) is 0 Å². The average molecular weight is 962 g/mol. The second-order valence-electron chi connectivity index (χ2n) is 20.1. The lowest BCUT2D eigenvalue weighted by atomic mass is 9.97. The summed E-state index contributed by atoms with van der Waals surface area (Å²) in [4.78, 5) is 13.2. The Morgan fingerprint density at radius 1 is 0.478 bits per heavy atom. The highest BCUT2D eigenvalue weighted by molar-refractivity contribution is 5.76. The molecule has 0 radical (unpaired) electrons. The van der Waals surface area contributed by atoms with Crippen molar-refractivity contribution in [1.29, 1.82) is 0 Å². The van der Waals surface area contributed by atoms with Crippen molar-refractivity contribution in [3.8, 4) is 0 Å². The number of carbonyl (C=O) groups excluding carboxylic acids is 1. The molecule has 2 aliphatic heterocycles. The van der Waals surface area contributed by atoms with Crippen molar-refractivity contribution in [2.24, 2.45) is 0 Å². The minimum atomic E-state index is -1.78. The van der Waals surface area contributed by atoms with Gasteiger partial charge in [0.15, 0.2) is 12.6 Å². The monoisotopic (exact) mass is 962 g/mol. The normalized spacial score (nSPS) is 26.5. The van der Waals surface area contributed by atoms with Crippen LogP contribution < -0.4 is 5.32 Å². The number of aliphatic hydroxyl groups is 8. The van der Waals surface area contributed by atoms with Crippen molar-refractivity contribution in [1.82, 2.24) is 5.32 Å². The van der Waals surface area contributed by atoms with Crippen LogP contribution in [0, 0.1) is 0 Å². The molecule has 0 saturated carbocycles. The van der Waals surface area contributed by atoms with Crippen LogP contribution in [0.5, 0.6) is 0 Å². The molecule has 2 heterocycles. The van der Waals surface area contributed by atoms with Gasteiger partial charge in [-0.3, -0.25) is 4.79 Å². The Hall–Kier alpha value is -1.01. The SMILES string of the molecule is CCCCCCCCCCCCCCCCCCCC(=O)N[C@@H](CO[C@@H]1O[C@H](CO)[C@@H](O[C@@H]2O[C@H](CO)[C@H](O)C(O)C2O)C(O)C1O)[C@H](O)CCCCCCCCCCCCCCCCCC. The van der Waals surface area contributed by atoms with Gasteiger partial charge < -0.3 is 65.1 Å². The number of hydrogen-bond donors (Lipinski definition) is 9. The average Bonchev–Trinajstić information content (AvgIpc) is 3.32. The lowest BCUT2D eigenvalue weighted by Crippen LogP contribution is -2.65. The van der Waals surface area contributed by atoms with Gasteiger partial charge in [0.25, 0.3) is 0 Å². The molecule has 0 aromatic heterocycles. The third-order valence-electron chi connectivity index (χ3n) is 14.1. The van der Waals surface area contributed by atoms with Gasteiger partial charge in [0.05, 0.1) is 32.0 Å². The predicted octanol–water partition coefficient (Wildman–Crippen LogP) is 8.17. The Labute approximate surface area is 406 Å². The molecule has 0 bridgehead atoms. The molecular formula is C53H103NO13. The number of nitrogens with one attached hydrogen (secondary N) is 1. The highest BCUT2D eigenvalue weighted by Crippen LogP contribution is 2.30. The van der Waals surface area contributed by atoms with Gasteiger partial charge in [0.1, 0.15) is 48.8 Å². The Kier molecular flexibility index (Phi) is 37.6. The van der Waals surface area contributed by atoms with Gasteiger partial charge in [-0.1, -0.05) is 219 Å². The molecule has 0 aliphatic carbocycles. The van der Waals surface area contributed by atoms with Crippen LogP contribution in [0.3, 0.4) is 0 Å². The molecule has 2 rings (SSSR count). The molecule has 4 unspecified atom stereocenters. The smallest absolute Gasteiger partial charge is 0.220 e. The highest BCUT2D eigenvalue weighted by atomic mass is 16.7. The van der Waals surface area contributed by atoms with Crippen molar-refractivity contribution in [2.45, 2.75) is 312 Å². The summed E-state index contributed by atoms with van der Waals surface area (Å²) < 4.78 is 22.8. The summed E-state index contributed by atoms with van der Waals surface area (Å²) in [5.41, 5.74) is 0. The van der Waals surface area contributed by atoms with Crippen LogP contribution in [0.4, 0.5) is 0 Å². The molecular weight excluding hydrogens is 859 g/mol. The number of carbonyl (C=O) groups is 1. The summed E-state index contributed by atoms with van der Waals surface area (Å²) in [5.74, 6) is -0.202. The van der Waals surface area contributed by atoms with Gasteiger partial charge in [-0.25, -0.2) is 0 Å². The van der Waals surface area contributed by atoms with Gasteiger partial charge in [-0.2, -0.15) is 0 Å². The summed E-state index contributed by atoms with van der Waals surface area (Å²) in [6.45, 7) is 2.88. The zero-order chi connectivity index (χ0) is 48.9. The molecule has 14 nitrogen and oxygen atoms in total. The quantitative estimate of drug-likeness (QED) is 0.0263. The fourth-order valence-electron chi connectivity index (χ4n) is 9.53. The van der Waals surface area contributed by atoms with E-state index in [0.29, 0.717) is 12.8 Å². The zero-order valence-corrected chi connectivity index (χ0v) is 42.4. The number of ether oxygens (including phenoxy) is 4. The first-order chi connectivity index (χ1) is 32.6. The molecule has 14 heteroatoms. The third-order valence-corrected chi connectivity index (χ3v) is 14.1. The van der Waals surface area contributed by atoms with E-state index in [4.69, 9.17) is 18.9 Å². The van der Waals surface area contributed by atoms with E-state index in [0.717, 1.165) is 51.4 Å². The largest absolute Gasteiger partial charge is 0.394 e. The van der Waals surface area contributed by atoms with E-state index in [1.165, 1.54) is 161 Å². The predicted molar refractivity (Wildman–Crippen MR) is 263 cm³/mol. The minimum absolute atomic E-state index is 0.202. The van der Waals surface area contributed by atoms with Gasteiger partial charge in [0.2, 0.25) is 5.91 Å². The van der Waals surface area contributed by atoms with Gasteiger partial charge >= 0.3 is 0 Å². The lowest BCUT2D eigenvalue weighted by molar-refractivity contribution is -0.359. The molecule has 1 amide bonds. The van der Waals surface area contributed by atoms with E-state index < -0.39 is 86.8 Å². The molecule has 2 fully saturated rings. The topological polar surface area (TPSA) is 228 Å². The Balaban J connectivity index is 1.79. The Morgan fingerprint density at radius 2 is 0.851 bits per heavy atom. The summed E-state index contributed by atoms with van der Waals surface area (Å²) in [6, 6.07) is -0.821. The first-order valence-electron chi connectivity index (χ1n) is 27.8. The summed E-state index contributed by atoms with van der Waals surface area (Å²) in [7, 11) is 0. The minimum Gasteiger partial charge on any atom is -0.394 e. The summed E-state index contributed by atoms with van der Waals surface area (Å²) in [6.07, 6.45) is 25.2. The van der Waals surface area contributed by atoms with Crippen LogP contribution >= 0.6 is 0 Å². The van der Waals surface area contributed by atoms with Crippen LogP contribution in [-0.2, 0) is 23.7 Å². The number of rotatable bonds is 44. The van der Waals surface area contributed by atoms with Gasteiger partial charge in [-0.05, 0) is 12.8 Å². The van der Waals surface area contributed by atoms with Crippen LogP contribution in [-0.4, -0.2) is 140 Å². The van der Waals surface area contributed by atoms with Crippen molar-refractivity contribution in [2.75, 3.05) is 19.8 Å². The fourth-order valence-corrected chi connectivity index (χ4v) is 9.53. The Morgan fingerprint density at radius 3 is 1.27 bits per heavy atom. The maximum atomic E-state index is 13.2.